The lowest BCUT2D eigenvalue weighted by atomic mass is 10.1. The fourth-order valence-corrected chi connectivity index (χ4v) is 3.26. The van der Waals surface area contributed by atoms with E-state index < -0.39 is 0 Å². The molecule has 29 heavy (non-hydrogen) atoms. The van der Waals surface area contributed by atoms with Crippen LogP contribution in [-0.2, 0) is 0 Å². The summed E-state index contributed by atoms with van der Waals surface area (Å²) in [5.41, 5.74) is 2.96. The average molecular weight is 403 g/mol. The molecule has 0 aliphatic carbocycles. The van der Waals surface area contributed by atoms with Crippen LogP contribution in [0.5, 0.6) is 5.75 Å². The van der Waals surface area contributed by atoms with Gasteiger partial charge < -0.3 is 4.74 Å². The van der Waals surface area contributed by atoms with E-state index in [4.69, 9.17) is 21.4 Å². The lowest BCUT2D eigenvalue weighted by Gasteiger charge is -2.02. The Hall–Kier alpha value is -3.37. The molecule has 0 saturated carbocycles. The Morgan fingerprint density at radius 2 is 1.69 bits per heavy atom. The first-order valence-electron chi connectivity index (χ1n) is 9.34. The van der Waals surface area contributed by atoms with Crippen molar-refractivity contribution < 1.29 is 4.74 Å². The highest BCUT2D eigenvalue weighted by atomic mass is 35.5. The lowest BCUT2D eigenvalue weighted by molar-refractivity contribution is 0.340. The number of fused-ring (bicyclic) bond motifs is 1. The summed E-state index contributed by atoms with van der Waals surface area (Å²) in [6.45, 7) is 2.60. The number of benzene rings is 2. The topological polar surface area (TPSA) is 44.1 Å². The Morgan fingerprint density at radius 3 is 2.41 bits per heavy atom. The summed E-state index contributed by atoms with van der Waals surface area (Å²) >= 11 is 6.01. The first-order chi connectivity index (χ1) is 14.2. The molecule has 0 spiro atoms. The average Bonchev–Trinajstić information content (AvgIpc) is 2.98. The Kier molecular flexibility index (Phi) is 5.45. The maximum Gasteiger partial charge on any atom is 0.204 e. The highest BCUT2D eigenvalue weighted by Crippen LogP contribution is 2.22. The monoisotopic (exact) mass is 402 g/mol. The van der Waals surface area contributed by atoms with Gasteiger partial charge >= 0.3 is 0 Å². The summed E-state index contributed by atoms with van der Waals surface area (Å²) in [6, 6.07) is 22.2. The van der Waals surface area contributed by atoms with Gasteiger partial charge in [0.25, 0.3) is 0 Å². The minimum Gasteiger partial charge on any atom is -0.494 e. The molecule has 3 aromatic carbocycles. The number of nitrogens with zero attached hydrogens (tertiary/aromatic N) is 2. The largest absolute Gasteiger partial charge is 0.494 e. The fourth-order valence-electron chi connectivity index (χ4n) is 3.13. The van der Waals surface area contributed by atoms with Gasteiger partial charge in [-0.2, -0.15) is 5.10 Å². The third-order valence-electron chi connectivity index (χ3n) is 4.50. The summed E-state index contributed by atoms with van der Waals surface area (Å²) in [6.07, 6.45) is 3.89. The van der Waals surface area contributed by atoms with Crippen LogP contribution in [0.4, 0.5) is 0 Å². The molecule has 0 radical (unpaired) electrons. The van der Waals surface area contributed by atoms with Gasteiger partial charge in [-0.15, -0.1) is 0 Å². The second kappa shape index (κ2) is 8.33. The number of aromatic nitrogens is 2. The Balaban J connectivity index is 1.80. The summed E-state index contributed by atoms with van der Waals surface area (Å²) in [5, 5.41) is 6.12. The zero-order valence-electron chi connectivity index (χ0n) is 15.9. The molecule has 1 heterocycles. The molecule has 0 aliphatic rings. The van der Waals surface area contributed by atoms with Crippen molar-refractivity contribution in [2.24, 2.45) is 0 Å². The van der Waals surface area contributed by atoms with Crippen LogP contribution in [0.2, 0.25) is 5.02 Å². The van der Waals surface area contributed by atoms with Gasteiger partial charge in [0.2, 0.25) is 5.43 Å². The van der Waals surface area contributed by atoms with E-state index in [1.165, 1.54) is 0 Å². The van der Waals surface area contributed by atoms with Crippen LogP contribution < -0.4 is 10.2 Å². The van der Waals surface area contributed by atoms with Crippen molar-refractivity contribution in [2.45, 2.75) is 6.92 Å². The first kappa shape index (κ1) is 19.0. The van der Waals surface area contributed by atoms with Gasteiger partial charge in [-0.3, -0.25) is 4.79 Å². The molecular weight excluding hydrogens is 384 g/mol. The van der Waals surface area contributed by atoms with Crippen molar-refractivity contribution >= 4 is 34.7 Å². The highest BCUT2D eigenvalue weighted by Gasteiger charge is 2.12. The first-order valence-corrected chi connectivity index (χ1v) is 9.72. The molecule has 144 valence electrons. The summed E-state index contributed by atoms with van der Waals surface area (Å²) in [5.74, 6) is 0.838. The number of ether oxygens (including phenoxy) is 1. The van der Waals surface area contributed by atoms with Crippen LogP contribution in [0, 0.1) is 0 Å². The number of rotatable bonds is 5. The van der Waals surface area contributed by atoms with E-state index >= 15 is 0 Å². The molecule has 0 aliphatic heterocycles. The zero-order chi connectivity index (χ0) is 20.2. The van der Waals surface area contributed by atoms with E-state index in [2.05, 4.69) is 0 Å². The van der Waals surface area contributed by atoms with Crippen molar-refractivity contribution in [1.82, 2.24) is 9.78 Å². The highest BCUT2D eigenvalue weighted by molar-refractivity contribution is 6.30. The van der Waals surface area contributed by atoms with Crippen molar-refractivity contribution in [2.75, 3.05) is 6.61 Å². The van der Waals surface area contributed by atoms with Crippen molar-refractivity contribution in [3.8, 4) is 11.4 Å². The van der Waals surface area contributed by atoms with Gasteiger partial charge in [0, 0.05) is 10.4 Å². The summed E-state index contributed by atoms with van der Waals surface area (Å²) < 4.78 is 7.15. The van der Waals surface area contributed by atoms with Gasteiger partial charge in [-0.05, 0) is 61.0 Å². The van der Waals surface area contributed by atoms with Crippen molar-refractivity contribution in [3.63, 3.8) is 0 Å². The Labute approximate surface area is 173 Å². The Bertz CT molecular complexity index is 1230. The molecule has 0 amide bonds. The van der Waals surface area contributed by atoms with Crippen LogP contribution in [-0.4, -0.2) is 16.4 Å². The molecule has 0 bridgehead atoms. The zero-order valence-corrected chi connectivity index (χ0v) is 16.6. The van der Waals surface area contributed by atoms with Gasteiger partial charge in [-0.1, -0.05) is 48.0 Å². The van der Waals surface area contributed by atoms with Crippen molar-refractivity contribution in [1.29, 1.82) is 0 Å². The smallest absolute Gasteiger partial charge is 0.204 e. The summed E-state index contributed by atoms with van der Waals surface area (Å²) in [7, 11) is 0. The van der Waals surface area contributed by atoms with E-state index in [9.17, 15) is 4.79 Å². The second-order valence-corrected chi connectivity index (χ2v) is 6.89. The second-order valence-electron chi connectivity index (χ2n) is 6.45. The molecule has 0 atom stereocenters. The molecule has 0 fully saturated rings. The molecule has 1 aromatic heterocycles. The summed E-state index contributed by atoms with van der Waals surface area (Å²) in [4.78, 5) is 12.7. The lowest BCUT2D eigenvalue weighted by Crippen LogP contribution is -2.04. The van der Waals surface area contributed by atoms with E-state index in [1.807, 2.05) is 67.6 Å². The molecule has 0 N–H and O–H groups in total. The number of halogens is 1. The molecule has 5 heteroatoms. The Morgan fingerprint density at radius 1 is 0.966 bits per heavy atom. The van der Waals surface area contributed by atoms with Crippen molar-refractivity contribution in [3.05, 3.63) is 99.3 Å². The molecular formula is C24H19ClN2O2. The molecule has 4 nitrogen and oxygen atoms in total. The molecule has 4 rings (SSSR count). The van der Waals surface area contributed by atoms with Crippen LogP contribution >= 0.6 is 11.6 Å². The van der Waals surface area contributed by atoms with E-state index in [1.54, 1.807) is 28.9 Å². The fraction of sp³-hybridized carbons (Fsp3) is 0.0833. The normalized spacial score (nSPS) is 11.2. The molecule has 0 saturated heterocycles. The van der Waals surface area contributed by atoms with Gasteiger partial charge in [0.15, 0.2) is 0 Å². The molecule has 4 aromatic rings. The van der Waals surface area contributed by atoms with Gasteiger partial charge in [-0.25, -0.2) is 4.68 Å². The number of hydrogen-bond donors (Lipinski definition) is 0. The SMILES string of the molecule is CCOc1ccc(/C=C/c2nn(-c3ccc(Cl)cc3)c3c(=O)ccccc23)cc1. The third kappa shape index (κ3) is 4.08. The molecule has 0 unspecified atom stereocenters. The van der Waals surface area contributed by atoms with Gasteiger partial charge in [0.1, 0.15) is 11.3 Å². The minimum atomic E-state index is -0.0897. The van der Waals surface area contributed by atoms with Crippen LogP contribution in [0.15, 0.2) is 77.6 Å². The third-order valence-corrected chi connectivity index (χ3v) is 4.75. The number of hydrogen-bond acceptors (Lipinski definition) is 3. The quantitative estimate of drug-likeness (QED) is 0.436. The maximum absolute atomic E-state index is 12.7. The van der Waals surface area contributed by atoms with Crippen LogP contribution in [0.1, 0.15) is 18.2 Å². The van der Waals surface area contributed by atoms with Gasteiger partial charge in [0.05, 0.1) is 18.0 Å². The predicted molar refractivity (Wildman–Crippen MR) is 119 cm³/mol. The predicted octanol–water partition coefficient (Wildman–Crippen LogP) is 5.61. The van der Waals surface area contributed by atoms with Crippen LogP contribution in [0.25, 0.3) is 28.7 Å². The standard InChI is InChI=1S/C24H19ClN2O2/c1-2-29-20-14-7-17(8-15-20)9-16-22-21-5-3-4-6-23(28)24(21)27(26-22)19-12-10-18(25)11-13-19/h3-16H,2H2,1H3/b16-9+. The van der Waals surface area contributed by atoms with E-state index in [-0.39, 0.29) is 5.43 Å². The maximum atomic E-state index is 12.7. The van der Waals surface area contributed by atoms with E-state index in [0.717, 1.165) is 28.1 Å². The van der Waals surface area contributed by atoms with E-state index in [0.29, 0.717) is 17.1 Å². The minimum absolute atomic E-state index is 0.0897. The van der Waals surface area contributed by atoms with Crippen LogP contribution in [0.3, 0.4) is 0 Å².